The average molecular weight is 140 g/mol. The third-order valence-electron chi connectivity index (χ3n) is 1.66. The summed E-state index contributed by atoms with van der Waals surface area (Å²) in [5.74, 6) is 2.88. The van der Waals surface area contributed by atoms with Crippen LogP contribution < -0.4 is 0 Å². The lowest BCUT2D eigenvalue weighted by atomic mass is 9.79. The molecule has 0 aliphatic carbocycles. The Labute approximate surface area is 63.5 Å². The molecule has 0 radical (unpaired) electrons. The summed E-state index contributed by atoms with van der Waals surface area (Å²) in [6, 6.07) is 0. The molecule has 0 bridgehead atoms. The van der Waals surface area contributed by atoms with E-state index in [-0.39, 0.29) is 17.9 Å². The van der Waals surface area contributed by atoms with E-state index in [1.807, 2.05) is 0 Å². The number of hydrogen-bond donors (Lipinski definition) is 1. The average Bonchev–Trinajstić information content (AvgIpc) is 1.80. The first-order chi connectivity index (χ1) is 4.52. The third-order valence-corrected chi connectivity index (χ3v) is 1.66. The molecule has 0 rings (SSSR count). The second-order valence-electron chi connectivity index (χ2n) is 3.60. The van der Waals surface area contributed by atoms with Crippen LogP contribution in [-0.2, 0) is 0 Å². The topological polar surface area (TPSA) is 20.2 Å². The fourth-order valence-electron chi connectivity index (χ4n) is 0.895. The van der Waals surface area contributed by atoms with Crippen LogP contribution in [0.4, 0.5) is 0 Å². The molecule has 0 saturated carbocycles. The first-order valence-corrected chi connectivity index (χ1v) is 3.59. The molecule has 1 atom stereocenters. The van der Waals surface area contributed by atoms with Crippen molar-refractivity contribution in [1.82, 2.24) is 0 Å². The summed E-state index contributed by atoms with van der Waals surface area (Å²) in [5, 5.41) is 8.64. The molecule has 10 heavy (non-hydrogen) atoms. The molecule has 0 aliphatic heterocycles. The van der Waals surface area contributed by atoms with Crippen molar-refractivity contribution in [3.63, 3.8) is 0 Å². The first kappa shape index (κ1) is 9.52. The van der Waals surface area contributed by atoms with Crippen molar-refractivity contribution in [2.45, 2.75) is 27.2 Å². The van der Waals surface area contributed by atoms with Gasteiger partial charge in [0.05, 0.1) is 0 Å². The second-order valence-corrected chi connectivity index (χ2v) is 3.60. The van der Waals surface area contributed by atoms with Gasteiger partial charge in [0.25, 0.3) is 0 Å². The van der Waals surface area contributed by atoms with Crippen LogP contribution in [0.2, 0.25) is 0 Å². The number of terminal acetylenes is 1. The van der Waals surface area contributed by atoms with Crippen LogP contribution in [0.5, 0.6) is 0 Å². The maximum Gasteiger partial charge on any atom is 0.0443 e. The Bertz CT molecular complexity index is 125. The predicted molar refractivity (Wildman–Crippen MR) is 43.5 cm³/mol. The summed E-state index contributed by atoms with van der Waals surface area (Å²) in [5.41, 5.74) is 0.123. The highest BCUT2D eigenvalue weighted by Gasteiger charge is 2.21. The van der Waals surface area contributed by atoms with E-state index in [1.165, 1.54) is 0 Å². The first-order valence-electron chi connectivity index (χ1n) is 3.59. The molecule has 1 nitrogen and oxygen atoms in total. The van der Waals surface area contributed by atoms with Crippen molar-refractivity contribution in [2.75, 3.05) is 6.61 Å². The van der Waals surface area contributed by atoms with Gasteiger partial charge in [-0.25, -0.2) is 0 Å². The Balaban J connectivity index is 3.98. The van der Waals surface area contributed by atoms with Crippen molar-refractivity contribution < 1.29 is 5.11 Å². The molecule has 0 saturated heterocycles. The van der Waals surface area contributed by atoms with E-state index in [0.717, 1.165) is 0 Å². The second kappa shape index (κ2) is 3.63. The highest BCUT2D eigenvalue weighted by Crippen LogP contribution is 2.27. The van der Waals surface area contributed by atoms with E-state index in [4.69, 9.17) is 11.5 Å². The van der Waals surface area contributed by atoms with Crippen molar-refractivity contribution in [2.24, 2.45) is 11.3 Å². The minimum atomic E-state index is 0.123. The molecule has 0 aliphatic rings. The Morgan fingerprint density at radius 3 is 2.10 bits per heavy atom. The minimum Gasteiger partial charge on any atom is -0.396 e. The Hall–Kier alpha value is -0.480. The lowest BCUT2D eigenvalue weighted by Crippen LogP contribution is -2.19. The lowest BCUT2D eigenvalue weighted by Gasteiger charge is -2.25. The van der Waals surface area contributed by atoms with E-state index in [1.54, 1.807) is 0 Å². The number of aliphatic hydroxyl groups excluding tert-OH is 1. The Morgan fingerprint density at radius 2 is 2.00 bits per heavy atom. The highest BCUT2D eigenvalue weighted by atomic mass is 16.3. The summed E-state index contributed by atoms with van der Waals surface area (Å²) in [4.78, 5) is 0. The van der Waals surface area contributed by atoms with E-state index in [0.29, 0.717) is 6.42 Å². The summed E-state index contributed by atoms with van der Waals surface area (Å²) in [7, 11) is 0. The molecule has 0 amide bonds. The zero-order valence-electron chi connectivity index (χ0n) is 7.02. The van der Waals surface area contributed by atoms with Gasteiger partial charge in [0, 0.05) is 12.5 Å². The van der Waals surface area contributed by atoms with Gasteiger partial charge >= 0.3 is 0 Å². The molecular weight excluding hydrogens is 124 g/mol. The zero-order valence-corrected chi connectivity index (χ0v) is 7.02. The van der Waals surface area contributed by atoms with Gasteiger partial charge < -0.3 is 5.11 Å². The Morgan fingerprint density at radius 1 is 1.50 bits per heavy atom. The van der Waals surface area contributed by atoms with Gasteiger partial charge in [-0.1, -0.05) is 20.8 Å². The molecule has 0 spiro atoms. The number of rotatable bonds is 2. The summed E-state index contributed by atoms with van der Waals surface area (Å²) in [6.45, 7) is 6.46. The molecule has 0 aromatic heterocycles. The highest BCUT2D eigenvalue weighted by molar-refractivity contribution is 4.98. The molecular formula is C9H16O. The summed E-state index contributed by atoms with van der Waals surface area (Å²) in [6.07, 6.45) is 5.99. The predicted octanol–water partition coefficient (Wildman–Crippen LogP) is 1.66. The van der Waals surface area contributed by atoms with Crippen LogP contribution in [0.15, 0.2) is 0 Å². The van der Waals surface area contributed by atoms with Crippen molar-refractivity contribution >= 4 is 0 Å². The van der Waals surface area contributed by atoms with Gasteiger partial charge in [-0.05, 0) is 11.8 Å². The van der Waals surface area contributed by atoms with Crippen molar-refractivity contribution in [1.29, 1.82) is 0 Å². The van der Waals surface area contributed by atoms with Crippen LogP contribution >= 0.6 is 0 Å². The van der Waals surface area contributed by atoms with Crippen LogP contribution in [0.1, 0.15) is 27.2 Å². The quantitative estimate of drug-likeness (QED) is 0.578. The fourth-order valence-corrected chi connectivity index (χ4v) is 0.895. The van der Waals surface area contributed by atoms with Gasteiger partial charge in [0.1, 0.15) is 0 Å². The smallest absolute Gasteiger partial charge is 0.0443 e. The maximum absolute atomic E-state index is 8.64. The monoisotopic (exact) mass is 140 g/mol. The molecule has 0 aromatic rings. The molecule has 0 heterocycles. The molecule has 1 N–H and O–H groups in total. The number of hydrogen-bond acceptors (Lipinski definition) is 1. The molecule has 58 valence electrons. The van der Waals surface area contributed by atoms with E-state index in [2.05, 4.69) is 26.7 Å². The SMILES string of the molecule is C#CC(CCO)C(C)(C)C. The standard InChI is InChI=1S/C9H16O/c1-5-8(6-7-10)9(2,3)4/h1,8,10H,6-7H2,2-4H3. The summed E-state index contributed by atoms with van der Waals surface area (Å²) >= 11 is 0. The van der Waals surface area contributed by atoms with Gasteiger partial charge in [0.2, 0.25) is 0 Å². The van der Waals surface area contributed by atoms with Crippen LogP contribution in [0.3, 0.4) is 0 Å². The van der Waals surface area contributed by atoms with Gasteiger partial charge in [-0.3, -0.25) is 0 Å². The number of aliphatic hydroxyl groups is 1. The molecule has 0 fully saturated rings. The third kappa shape index (κ3) is 2.89. The molecule has 0 aromatic carbocycles. The van der Waals surface area contributed by atoms with Gasteiger partial charge in [-0.15, -0.1) is 12.3 Å². The van der Waals surface area contributed by atoms with E-state index >= 15 is 0 Å². The van der Waals surface area contributed by atoms with Crippen LogP contribution in [0.25, 0.3) is 0 Å². The van der Waals surface area contributed by atoms with E-state index < -0.39 is 0 Å². The maximum atomic E-state index is 8.64. The lowest BCUT2D eigenvalue weighted by molar-refractivity contribution is 0.213. The molecule has 1 heteroatoms. The summed E-state index contributed by atoms with van der Waals surface area (Å²) < 4.78 is 0. The minimum absolute atomic E-state index is 0.123. The van der Waals surface area contributed by atoms with Gasteiger partial charge in [-0.2, -0.15) is 0 Å². The van der Waals surface area contributed by atoms with E-state index in [9.17, 15) is 0 Å². The Kier molecular flexibility index (Phi) is 3.46. The van der Waals surface area contributed by atoms with Gasteiger partial charge in [0.15, 0.2) is 0 Å². The van der Waals surface area contributed by atoms with Crippen LogP contribution in [0, 0.1) is 23.7 Å². The fraction of sp³-hybridized carbons (Fsp3) is 0.778. The van der Waals surface area contributed by atoms with Crippen LogP contribution in [-0.4, -0.2) is 11.7 Å². The van der Waals surface area contributed by atoms with Crippen molar-refractivity contribution in [3.05, 3.63) is 0 Å². The zero-order chi connectivity index (χ0) is 8.20. The molecule has 1 unspecified atom stereocenters. The largest absolute Gasteiger partial charge is 0.396 e. The van der Waals surface area contributed by atoms with Crippen molar-refractivity contribution in [3.8, 4) is 12.3 Å². The normalized spacial score (nSPS) is 14.3.